The molecule has 0 unspecified atom stereocenters. The number of piperidine rings is 4. The number of thioether (sulfide) groups is 1. The Morgan fingerprint density at radius 3 is 1.92 bits per heavy atom. The van der Waals surface area contributed by atoms with Crippen molar-refractivity contribution in [1.82, 2.24) is 9.80 Å². The number of aliphatic hydroxyl groups is 2. The van der Waals surface area contributed by atoms with Crippen molar-refractivity contribution in [3.8, 4) is 0 Å². The van der Waals surface area contributed by atoms with Crippen LogP contribution in [0.5, 0.6) is 0 Å². The number of fused-ring (bicyclic) bond motifs is 2. The van der Waals surface area contributed by atoms with Gasteiger partial charge in [0.15, 0.2) is 0 Å². The monoisotopic (exact) mass is 526 g/mol. The van der Waals surface area contributed by atoms with Gasteiger partial charge in [0.1, 0.15) is 12.5 Å². The average molecular weight is 527 g/mol. The molecule has 0 radical (unpaired) electrons. The van der Waals surface area contributed by atoms with Crippen LogP contribution in [-0.4, -0.2) is 55.1 Å². The molecule has 7 heterocycles. The largest absolute Gasteiger partial charge is 0.472 e. The highest BCUT2D eigenvalue weighted by atomic mass is 32.2. The van der Waals surface area contributed by atoms with Gasteiger partial charge in [0.25, 0.3) is 0 Å². The summed E-state index contributed by atoms with van der Waals surface area (Å²) in [5.74, 6) is 2.10. The minimum Gasteiger partial charge on any atom is -0.472 e. The SMILES string of the molecule is C[C@@H]1CC[C@@H](c2ccoc2)N2[C@H]1CC[C@]1(CS[C@]3(CC[C@H]4[C@H](C)CC[C@@H](c5ccoc5)N4[C@@H]3O)C1)[C@H]2O. The Hall–Kier alpha value is -1.25. The summed E-state index contributed by atoms with van der Waals surface area (Å²) in [5, 5.41) is 24.4. The van der Waals surface area contributed by atoms with E-state index in [0.29, 0.717) is 23.9 Å². The standard InChI is InChI=1S/C30H42N2O4S/c1-19-3-5-25(21-9-13-35-15-21)31-23(19)7-11-29(27(31)33)17-30(37-18-29)12-8-24-20(2)4-6-26(32(24)28(30)34)22-10-14-36-16-22/h9-10,13-16,19-20,23-28,33-34H,3-8,11-12,17-18H2,1-2H3/t19-,20-,23+,24+,25+,26+,27-,28-,29+,30-/m1/s1. The Balaban J connectivity index is 1.18. The maximum Gasteiger partial charge on any atom is 0.122 e. The minimum atomic E-state index is -0.506. The van der Waals surface area contributed by atoms with E-state index in [1.807, 2.05) is 24.3 Å². The Morgan fingerprint density at radius 1 is 0.784 bits per heavy atom. The summed E-state index contributed by atoms with van der Waals surface area (Å²) in [7, 11) is 0. The van der Waals surface area contributed by atoms with Gasteiger partial charge in [-0.25, -0.2) is 0 Å². The van der Waals surface area contributed by atoms with E-state index in [2.05, 4.69) is 35.8 Å². The molecule has 6 nitrogen and oxygen atoms in total. The molecule has 5 fully saturated rings. The van der Waals surface area contributed by atoms with Crippen LogP contribution < -0.4 is 0 Å². The molecule has 7 rings (SSSR count). The van der Waals surface area contributed by atoms with E-state index in [0.717, 1.165) is 50.7 Å². The molecule has 5 aliphatic heterocycles. The summed E-state index contributed by atoms with van der Waals surface area (Å²) < 4.78 is 10.7. The normalized spacial score (nSPS) is 46.8. The molecule has 202 valence electrons. The van der Waals surface area contributed by atoms with Gasteiger partial charge in [-0.15, -0.1) is 0 Å². The number of nitrogens with zero attached hydrogens (tertiary/aromatic N) is 2. The highest BCUT2D eigenvalue weighted by Gasteiger charge is 2.63. The molecule has 2 N–H and O–H groups in total. The Kier molecular flexibility index (Phi) is 6.13. The van der Waals surface area contributed by atoms with Crippen molar-refractivity contribution < 1.29 is 19.0 Å². The van der Waals surface area contributed by atoms with E-state index < -0.39 is 12.5 Å². The van der Waals surface area contributed by atoms with Gasteiger partial charge in [0.05, 0.1) is 29.8 Å². The van der Waals surface area contributed by atoms with E-state index in [9.17, 15) is 10.2 Å². The molecule has 0 aliphatic carbocycles. The predicted octanol–water partition coefficient (Wildman–Crippen LogP) is 5.94. The molecule has 5 aliphatic rings. The molecular weight excluding hydrogens is 484 g/mol. The molecule has 2 aromatic heterocycles. The number of aliphatic hydroxyl groups excluding tert-OH is 2. The second-order valence-electron chi connectivity index (χ2n) is 13.0. The maximum absolute atomic E-state index is 12.2. The zero-order valence-electron chi connectivity index (χ0n) is 22.2. The lowest BCUT2D eigenvalue weighted by molar-refractivity contribution is -0.191. The Morgan fingerprint density at radius 2 is 1.35 bits per heavy atom. The summed E-state index contributed by atoms with van der Waals surface area (Å²) >= 11 is 1.96. The van der Waals surface area contributed by atoms with Crippen LogP contribution in [0.3, 0.4) is 0 Å². The summed E-state index contributed by atoms with van der Waals surface area (Å²) in [6.45, 7) is 4.72. The fraction of sp³-hybridized carbons (Fsp3) is 0.733. The lowest BCUT2D eigenvalue weighted by Crippen LogP contribution is -2.64. The first kappa shape index (κ1) is 24.8. The van der Waals surface area contributed by atoms with Crippen LogP contribution in [0.4, 0.5) is 0 Å². The van der Waals surface area contributed by atoms with E-state index >= 15 is 0 Å². The van der Waals surface area contributed by atoms with Crippen molar-refractivity contribution in [2.24, 2.45) is 17.3 Å². The van der Waals surface area contributed by atoms with Gasteiger partial charge >= 0.3 is 0 Å². The summed E-state index contributed by atoms with van der Waals surface area (Å²) in [6.07, 6.45) is 16.0. The maximum atomic E-state index is 12.2. The van der Waals surface area contributed by atoms with Crippen LogP contribution in [-0.2, 0) is 0 Å². The van der Waals surface area contributed by atoms with E-state index in [4.69, 9.17) is 8.83 Å². The van der Waals surface area contributed by atoms with Crippen molar-refractivity contribution in [2.75, 3.05) is 5.75 Å². The quantitative estimate of drug-likeness (QED) is 0.501. The van der Waals surface area contributed by atoms with Crippen LogP contribution in [0.25, 0.3) is 0 Å². The fourth-order valence-corrected chi connectivity index (χ4v) is 11.0. The van der Waals surface area contributed by atoms with Crippen molar-refractivity contribution in [3.05, 3.63) is 48.3 Å². The molecule has 2 aromatic rings. The van der Waals surface area contributed by atoms with Crippen molar-refractivity contribution in [2.45, 2.75) is 113 Å². The van der Waals surface area contributed by atoms with E-state index in [-0.39, 0.29) is 22.2 Å². The Bertz CT molecular complexity index is 993. The van der Waals surface area contributed by atoms with Gasteiger partial charge < -0.3 is 19.0 Å². The number of hydrogen-bond acceptors (Lipinski definition) is 7. The predicted molar refractivity (Wildman–Crippen MR) is 144 cm³/mol. The smallest absolute Gasteiger partial charge is 0.122 e. The molecule has 0 amide bonds. The van der Waals surface area contributed by atoms with Gasteiger partial charge in [0.2, 0.25) is 0 Å². The molecule has 7 heteroatoms. The third-order valence-electron chi connectivity index (χ3n) is 11.1. The molecule has 0 saturated carbocycles. The summed E-state index contributed by atoms with van der Waals surface area (Å²) in [6, 6.07) is 5.38. The molecule has 37 heavy (non-hydrogen) atoms. The number of furan rings is 2. The summed E-state index contributed by atoms with van der Waals surface area (Å²) in [5.41, 5.74) is 2.20. The average Bonchev–Trinajstić information content (AvgIpc) is 3.68. The second kappa shape index (κ2) is 9.16. The Labute approximate surface area is 224 Å². The molecule has 5 saturated heterocycles. The molecule has 0 bridgehead atoms. The van der Waals surface area contributed by atoms with E-state index in [1.54, 1.807) is 12.5 Å². The third kappa shape index (κ3) is 3.75. The van der Waals surface area contributed by atoms with Crippen LogP contribution in [0.1, 0.15) is 94.8 Å². The van der Waals surface area contributed by atoms with Gasteiger partial charge in [0, 0.05) is 46.5 Å². The van der Waals surface area contributed by atoms with Gasteiger partial charge in [-0.05, 0) is 81.8 Å². The van der Waals surface area contributed by atoms with Crippen LogP contribution in [0.15, 0.2) is 46.0 Å². The molecule has 10 atom stereocenters. The highest BCUT2D eigenvalue weighted by Crippen LogP contribution is 2.63. The van der Waals surface area contributed by atoms with Gasteiger partial charge in [-0.1, -0.05) is 13.8 Å². The highest BCUT2D eigenvalue weighted by molar-refractivity contribution is 8.01. The number of rotatable bonds is 2. The number of hydrogen-bond donors (Lipinski definition) is 2. The first-order valence-corrected chi connectivity index (χ1v) is 15.5. The van der Waals surface area contributed by atoms with Crippen LogP contribution in [0.2, 0.25) is 0 Å². The zero-order chi connectivity index (χ0) is 25.4. The first-order chi connectivity index (χ1) is 17.9. The third-order valence-corrected chi connectivity index (χ3v) is 13.0. The molecule has 0 aromatic carbocycles. The van der Waals surface area contributed by atoms with Crippen molar-refractivity contribution in [1.29, 1.82) is 0 Å². The first-order valence-electron chi connectivity index (χ1n) is 14.5. The van der Waals surface area contributed by atoms with Gasteiger partial charge in [-0.3, -0.25) is 9.80 Å². The fourth-order valence-electron chi connectivity index (χ4n) is 9.06. The van der Waals surface area contributed by atoms with Gasteiger partial charge in [-0.2, -0.15) is 11.8 Å². The van der Waals surface area contributed by atoms with Crippen LogP contribution >= 0.6 is 11.8 Å². The van der Waals surface area contributed by atoms with Crippen molar-refractivity contribution >= 4 is 11.8 Å². The summed E-state index contributed by atoms with van der Waals surface area (Å²) in [4.78, 5) is 4.90. The zero-order valence-corrected chi connectivity index (χ0v) is 23.0. The van der Waals surface area contributed by atoms with Crippen molar-refractivity contribution in [3.63, 3.8) is 0 Å². The second-order valence-corrected chi connectivity index (χ2v) is 14.4. The minimum absolute atomic E-state index is 0.180. The lowest BCUT2D eigenvalue weighted by Gasteiger charge is -2.58. The molecule has 2 spiro atoms. The van der Waals surface area contributed by atoms with Crippen LogP contribution in [0, 0.1) is 17.3 Å². The van der Waals surface area contributed by atoms with E-state index in [1.165, 1.54) is 24.0 Å². The topological polar surface area (TPSA) is 73.2 Å². The molecular formula is C30H42N2O4S. The lowest BCUT2D eigenvalue weighted by atomic mass is 9.65.